The Hall–Kier alpha value is -2.08. The SMILES string of the molecule is CCc1nnc(NCc2cccnc2)c(C(N)=S)c1CC. The average molecular weight is 301 g/mol. The zero-order valence-corrected chi connectivity index (χ0v) is 13.1. The van der Waals surface area contributed by atoms with Crippen LogP contribution in [0, 0.1) is 0 Å². The van der Waals surface area contributed by atoms with Crippen LogP contribution in [0.15, 0.2) is 24.5 Å². The van der Waals surface area contributed by atoms with Crippen LogP contribution >= 0.6 is 12.2 Å². The van der Waals surface area contributed by atoms with Crippen LogP contribution in [-0.2, 0) is 19.4 Å². The first-order valence-corrected chi connectivity index (χ1v) is 7.39. The van der Waals surface area contributed by atoms with Gasteiger partial charge >= 0.3 is 0 Å². The molecule has 3 N–H and O–H groups in total. The van der Waals surface area contributed by atoms with Crippen molar-refractivity contribution in [2.75, 3.05) is 5.32 Å². The van der Waals surface area contributed by atoms with Gasteiger partial charge in [0.1, 0.15) is 4.99 Å². The van der Waals surface area contributed by atoms with Gasteiger partial charge in [-0.3, -0.25) is 4.98 Å². The number of anilines is 1. The van der Waals surface area contributed by atoms with E-state index < -0.39 is 0 Å². The number of pyridine rings is 1. The van der Waals surface area contributed by atoms with Crippen LogP contribution in [0.25, 0.3) is 0 Å². The van der Waals surface area contributed by atoms with Gasteiger partial charge in [0.25, 0.3) is 0 Å². The van der Waals surface area contributed by atoms with Crippen molar-refractivity contribution < 1.29 is 0 Å². The van der Waals surface area contributed by atoms with Gasteiger partial charge in [0.15, 0.2) is 5.82 Å². The molecule has 0 aliphatic carbocycles. The van der Waals surface area contributed by atoms with Crippen LogP contribution < -0.4 is 11.1 Å². The van der Waals surface area contributed by atoms with Crippen molar-refractivity contribution in [1.29, 1.82) is 0 Å². The van der Waals surface area contributed by atoms with E-state index in [1.165, 1.54) is 0 Å². The average Bonchev–Trinajstić information content (AvgIpc) is 2.52. The second-order valence-electron chi connectivity index (χ2n) is 4.64. The van der Waals surface area contributed by atoms with E-state index in [0.717, 1.165) is 35.2 Å². The summed E-state index contributed by atoms with van der Waals surface area (Å²) in [6, 6.07) is 3.89. The normalized spacial score (nSPS) is 10.4. The monoisotopic (exact) mass is 301 g/mol. The predicted molar refractivity (Wildman–Crippen MR) is 88.2 cm³/mol. The van der Waals surface area contributed by atoms with E-state index in [0.29, 0.717) is 17.4 Å². The first-order chi connectivity index (χ1) is 10.2. The Morgan fingerprint density at radius 2 is 2.10 bits per heavy atom. The van der Waals surface area contributed by atoms with Gasteiger partial charge in [-0.05, 0) is 30.0 Å². The molecule has 2 aromatic heterocycles. The Kier molecular flexibility index (Phi) is 5.16. The van der Waals surface area contributed by atoms with Crippen molar-refractivity contribution in [1.82, 2.24) is 15.2 Å². The van der Waals surface area contributed by atoms with E-state index in [9.17, 15) is 0 Å². The summed E-state index contributed by atoms with van der Waals surface area (Å²) in [5.74, 6) is 0.639. The van der Waals surface area contributed by atoms with Crippen LogP contribution in [0.1, 0.15) is 36.2 Å². The summed E-state index contributed by atoms with van der Waals surface area (Å²) >= 11 is 5.20. The standard InChI is InChI=1S/C15H19N5S/c1-3-11-12(4-2)19-20-15(13(11)14(16)21)18-9-10-6-5-7-17-8-10/h5-8H,3-4,9H2,1-2H3,(H2,16,21)(H,18,20). The molecule has 0 fully saturated rings. The van der Waals surface area contributed by atoms with Crippen molar-refractivity contribution in [2.45, 2.75) is 33.2 Å². The zero-order valence-electron chi connectivity index (χ0n) is 12.3. The maximum absolute atomic E-state index is 5.89. The van der Waals surface area contributed by atoms with Crippen molar-refractivity contribution in [3.63, 3.8) is 0 Å². The molecule has 110 valence electrons. The van der Waals surface area contributed by atoms with Gasteiger partial charge in [-0.15, -0.1) is 5.10 Å². The minimum absolute atomic E-state index is 0.352. The molecular formula is C15H19N5S. The molecule has 2 aromatic rings. The number of nitrogens with two attached hydrogens (primary N) is 1. The summed E-state index contributed by atoms with van der Waals surface area (Å²) in [7, 11) is 0. The topological polar surface area (TPSA) is 76.7 Å². The van der Waals surface area contributed by atoms with Gasteiger partial charge in [0.2, 0.25) is 0 Å². The highest BCUT2D eigenvalue weighted by Crippen LogP contribution is 2.21. The molecule has 5 nitrogen and oxygen atoms in total. The first kappa shape index (κ1) is 15.3. The molecule has 0 aromatic carbocycles. The number of hydrogen-bond acceptors (Lipinski definition) is 5. The molecule has 2 heterocycles. The molecule has 0 atom stereocenters. The lowest BCUT2D eigenvalue weighted by Gasteiger charge is -2.15. The summed E-state index contributed by atoms with van der Waals surface area (Å²) in [6.45, 7) is 4.73. The summed E-state index contributed by atoms with van der Waals surface area (Å²) in [4.78, 5) is 4.44. The lowest BCUT2D eigenvalue weighted by atomic mass is 10.0. The van der Waals surface area contributed by atoms with E-state index >= 15 is 0 Å². The second kappa shape index (κ2) is 7.08. The van der Waals surface area contributed by atoms with E-state index in [1.54, 1.807) is 6.20 Å². The molecule has 0 bridgehead atoms. The first-order valence-electron chi connectivity index (χ1n) is 6.98. The highest BCUT2D eigenvalue weighted by atomic mass is 32.1. The van der Waals surface area contributed by atoms with Crippen molar-refractivity contribution in [3.8, 4) is 0 Å². The lowest BCUT2D eigenvalue weighted by Crippen LogP contribution is -2.19. The highest BCUT2D eigenvalue weighted by molar-refractivity contribution is 7.80. The predicted octanol–water partition coefficient (Wildman–Crippen LogP) is 2.24. The molecule has 0 amide bonds. The molecule has 0 unspecified atom stereocenters. The van der Waals surface area contributed by atoms with Crippen LogP contribution in [0.2, 0.25) is 0 Å². The molecule has 0 saturated heterocycles. The molecule has 0 aliphatic heterocycles. The third-order valence-corrected chi connectivity index (χ3v) is 3.48. The van der Waals surface area contributed by atoms with Gasteiger partial charge in [0, 0.05) is 18.9 Å². The number of nitrogens with zero attached hydrogens (tertiary/aromatic N) is 3. The highest BCUT2D eigenvalue weighted by Gasteiger charge is 2.16. The number of aromatic nitrogens is 3. The number of hydrogen-bond donors (Lipinski definition) is 2. The summed E-state index contributed by atoms with van der Waals surface area (Å²) in [5, 5.41) is 11.8. The molecular weight excluding hydrogens is 282 g/mol. The zero-order chi connectivity index (χ0) is 15.2. The third-order valence-electron chi connectivity index (χ3n) is 3.28. The van der Waals surface area contributed by atoms with Gasteiger partial charge in [-0.25, -0.2) is 0 Å². The number of thiocarbonyl (C=S) groups is 1. The van der Waals surface area contributed by atoms with Crippen LogP contribution in [0.5, 0.6) is 0 Å². The van der Waals surface area contributed by atoms with Crippen LogP contribution in [-0.4, -0.2) is 20.2 Å². The Morgan fingerprint density at radius 3 is 2.67 bits per heavy atom. The fourth-order valence-corrected chi connectivity index (χ4v) is 2.47. The number of aryl methyl sites for hydroxylation is 1. The quantitative estimate of drug-likeness (QED) is 0.797. The minimum Gasteiger partial charge on any atom is -0.389 e. The second-order valence-corrected chi connectivity index (χ2v) is 5.07. The Labute approximate surface area is 130 Å². The summed E-state index contributed by atoms with van der Waals surface area (Å²) in [5.41, 5.74) is 9.79. The van der Waals surface area contributed by atoms with Gasteiger partial charge in [-0.1, -0.05) is 32.1 Å². The third kappa shape index (κ3) is 3.52. The van der Waals surface area contributed by atoms with E-state index in [2.05, 4.69) is 34.3 Å². The molecule has 21 heavy (non-hydrogen) atoms. The maximum atomic E-state index is 5.89. The van der Waals surface area contributed by atoms with Crippen molar-refractivity contribution in [2.24, 2.45) is 5.73 Å². The van der Waals surface area contributed by atoms with Crippen molar-refractivity contribution in [3.05, 3.63) is 46.9 Å². The van der Waals surface area contributed by atoms with E-state index in [-0.39, 0.29) is 0 Å². The Balaban J connectivity index is 2.32. The molecule has 0 saturated carbocycles. The van der Waals surface area contributed by atoms with Crippen molar-refractivity contribution >= 4 is 23.0 Å². The molecule has 0 radical (unpaired) electrons. The molecule has 0 aliphatic rings. The number of nitrogens with one attached hydrogen (secondary N) is 1. The van der Waals surface area contributed by atoms with Gasteiger partial charge in [-0.2, -0.15) is 5.10 Å². The molecule has 2 rings (SSSR count). The van der Waals surface area contributed by atoms with Crippen LogP contribution in [0.3, 0.4) is 0 Å². The Morgan fingerprint density at radius 1 is 1.29 bits per heavy atom. The minimum atomic E-state index is 0.352. The van der Waals surface area contributed by atoms with E-state index in [1.807, 2.05) is 18.3 Å². The summed E-state index contributed by atoms with van der Waals surface area (Å²) < 4.78 is 0. The molecule has 0 spiro atoms. The fraction of sp³-hybridized carbons (Fsp3) is 0.333. The fourth-order valence-electron chi connectivity index (χ4n) is 2.25. The lowest BCUT2D eigenvalue weighted by molar-refractivity contribution is 0.871. The van der Waals surface area contributed by atoms with Gasteiger partial charge in [0.05, 0.1) is 11.3 Å². The summed E-state index contributed by atoms with van der Waals surface area (Å²) in [6.07, 6.45) is 5.19. The maximum Gasteiger partial charge on any atom is 0.159 e. The van der Waals surface area contributed by atoms with Crippen LogP contribution in [0.4, 0.5) is 5.82 Å². The molecule has 6 heteroatoms. The smallest absolute Gasteiger partial charge is 0.159 e. The Bertz CT molecular complexity index is 627. The largest absolute Gasteiger partial charge is 0.389 e. The number of rotatable bonds is 6. The van der Waals surface area contributed by atoms with Gasteiger partial charge < -0.3 is 11.1 Å². The van der Waals surface area contributed by atoms with E-state index in [4.69, 9.17) is 18.0 Å².